The minimum atomic E-state index is -3.61. The fraction of sp³-hybridized carbons (Fsp3) is 0.350. The van der Waals surface area contributed by atoms with E-state index in [-0.39, 0.29) is 34.1 Å². The number of anilines is 1. The Labute approximate surface area is 171 Å². The van der Waals surface area contributed by atoms with Crippen LogP contribution in [0.5, 0.6) is 0 Å². The summed E-state index contributed by atoms with van der Waals surface area (Å²) in [7, 11) is -0.707. The predicted molar refractivity (Wildman–Crippen MR) is 112 cm³/mol. The van der Waals surface area contributed by atoms with Crippen LogP contribution in [-0.2, 0) is 14.8 Å². The lowest BCUT2D eigenvalue weighted by Gasteiger charge is -2.19. The summed E-state index contributed by atoms with van der Waals surface area (Å²) in [6.45, 7) is 4.41. The van der Waals surface area contributed by atoms with E-state index in [1.54, 1.807) is 0 Å². The number of carbonyl (C=O) groups excluding carboxylic acids is 1. The van der Waals surface area contributed by atoms with E-state index < -0.39 is 10.0 Å². The first-order valence-electron chi connectivity index (χ1n) is 9.03. The molecule has 1 amide bonds. The Morgan fingerprint density at radius 2 is 1.79 bits per heavy atom. The predicted octanol–water partition coefficient (Wildman–Crippen LogP) is 2.49. The van der Waals surface area contributed by atoms with Crippen molar-refractivity contribution in [1.29, 1.82) is 0 Å². The molecule has 0 aliphatic heterocycles. The summed E-state index contributed by atoms with van der Waals surface area (Å²) in [5.41, 5.74) is 1.44. The standard InChI is InChI=1S/C20H26ClN3O3S/c1-14(2)20(15-8-6-5-7-9-15)22-13-19(25)23-18-12-16(10-11-17(18)21)28(26,27)24(3)4/h5-12,14,20,22H,13H2,1-4H3,(H,23,25)/p+1/t20-/m0/s1. The zero-order valence-corrected chi connectivity index (χ0v) is 18.1. The molecule has 0 radical (unpaired) electrons. The van der Waals surface area contributed by atoms with E-state index in [1.165, 1.54) is 32.3 Å². The van der Waals surface area contributed by atoms with Crippen molar-refractivity contribution < 1.29 is 18.5 Å². The third kappa shape index (κ3) is 5.54. The molecule has 0 fully saturated rings. The van der Waals surface area contributed by atoms with E-state index in [2.05, 4.69) is 19.2 Å². The molecule has 2 rings (SSSR count). The second kappa shape index (κ2) is 9.52. The van der Waals surface area contributed by atoms with E-state index in [0.29, 0.717) is 5.92 Å². The minimum Gasteiger partial charge on any atom is -0.332 e. The zero-order valence-electron chi connectivity index (χ0n) is 16.5. The Bertz CT molecular complexity index is 916. The molecule has 28 heavy (non-hydrogen) atoms. The Morgan fingerprint density at radius 3 is 2.36 bits per heavy atom. The molecule has 0 unspecified atom stereocenters. The number of nitrogens with zero attached hydrogens (tertiary/aromatic N) is 1. The van der Waals surface area contributed by atoms with Gasteiger partial charge in [-0.05, 0) is 18.2 Å². The summed E-state index contributed by atoms with van der Waals surface area (Å²) in [4.78, 5) is 12.5. The fourth-order valence-electron chi connectivity index (χ4n) is 2.88. The highest BCUT2D eigenvalue weighted by atomic mass is 35.5. The number of hydrogen-bond acceptors (Lipinski definition) is 3. The van der Waals surface area contributed by atoms with Crippen molar-refractivity contribution in [2.75, 3.05) is 26.0 Å². The quantitative estimate of drug-likeness (QED) is 0.682. The number of amides is 1. The molecular formula is C20H27ClN3O3S+. The number of nitrogens with two attached hydrogens (primary N) is 1. The summed E-state index contributed by atoms with van der Waals surface area (Å²) in [6, 6.07) is 14.4. The highest BCUT2D eigenvalue weighted by Gasteiger charge is 2.22. The summed E-state index contributed by atoms with van der Waals surface area (Å²) >= 11 is 6.15. The number of hydrogen-bond donors (Lipinski definition) is 2. The first kappa shape index (κ1) is 22.4. The van der Waals surface area contributed by atoms with Crippen molar-refractivity contribution >= 4 is 33.2 Å². The normalized spacial score (nSPS) is 13.0. The summed E-state index contributed by atoms with van der Waals surface area (Å²) in [5, 5.41) is 4.98. The third-order valence-corrected chi connectivity index (χ3v) is 6.59. The molecule has 2 aromatic rings. The zero-order chi connectivity index (χ0) is 20.9. The van der Waals surface area contributed by atoms with Crippen LogP contribution in [0.25, 0.3) is 0 Å². The molecule has 0 aliphatic rings. The molecule has 0 aliphatic carbocycles. The first-order chi connectivity index (χ1) is 13.1. The van der Waals surface area contributed by atoms with Gasteiger partial charge < -0.3 is 10.6 Å². The van der Waals surface area contributed by atoms with E-state index in [4.69, 9.17) is 11.6 Å². The Kier molecular flexibility index (Phi) is 7.60. The average Bonchev–Trinajstić information content (AvgIpc) is 2.64. The number of sulfonamides is 1. The van der Waals surface area contributed by atoms with E-state index in [9.17, 15) is 13.2 Å². The third-order valence-electron chi connectivity index (χ3n) is 4.45. The van der Waals surface area contributed by atoms with E-state index >= 15 is 0 Å². The van der Waals surface area contributed by atoms with Crippen molar-refractivity contribution in [3.05, 3.63) is 59.1 Å². The van der Waals surface area contributed by atoms with Gasteiger partial charge in [-0.25, -0.2) is 12.7 Å². The lowest BCUT2D eigenvalue weighted by Crippen LogP contribution is -2.88. The van der Waals surface area contributed by atoms with Crippen molar-refractivity contribution in [3.63, 3.8) is 0 Å². The summed E-state index contributed by atoms with van der Waals surface area (Å²) in [6.07, 6.45) is 0. The molecule has 1 atom stereocenters. The average molecular weight is 425 g/mol. The molecule has 6 nitrogen and oxygen atoms in total. The monoisotopic (exact) mass is 424 g/mol. The smallest absolute Gasteiger partial charge is 0.279 e. The maximum atomic E-state index is 12.5. The Morgan fingerprint density at radius 1 is 1.14 bits per heavy atom. The SMILES string of the molecule is CC(C)[C@H]([NH2+]CC(=O)Nc1cc(S(=O)(=O)N(C)C)ccc1Cl)c1ccccc1. The number of rotatable bonds is 8. The van der Waals surface area contributed by atoms with Crippen molar-refractivity contribution in [1.82, 2.24) is 4.31 Å². The van der Waals surface area contributed by atoms with Crippen LogP contribution in [0.4, 0.5) is 5.69 Å². The van der Waals surface area contributed by atoms with Crippen LogP contribution in [0.2, 0.25) is 5.02 Å². The van der Waals surface area contributed by atoms with Crippen LogP contribution >= 0.6 is 11.6 Å². The highest BCUT2D eigenvalue weighted by molar-refractivity contribution is 7.89. The van der Waals surface area contributed by atoms with Crippen molar-refractivity contribution in [2.45, 2.75) is 24.8 Å². The van der Waals surface area contributed by atoms with Crippen LogP contribution < -0.4 is 10.6 Å². The second-order valence-electron chi connectivity index (χ2n) is 7.10. The van der Waals surface area contributed by atoms with Gasteiger partial charge in [-0.15, -0.1) is 0 Å². The molecule has 152 valence electrons. The van der Waals surface area contributed by atoms with Gasteiger partial charge in [0.2, 0.25) is 10.0 Å². The Hall–Kier alpha value is -1.93. The van der Waals surface area contributed by atoms with E-state index in [1.807, 2.05) is 35.6 Å². The molecule has 0 heterocycles. The largest absolute Gasteiger partial charge is 0.332 e. The van der Waals surface area contributed by atoms with Gasteiger partial charge in [-0.1, -0.05) is 55.8 Å². The fourth-order valence-corrected chi connectivity index (χ4v) is 3.97. The maximum Gasteiger partial charge on any atom is 0.279 e. The molecule has 0 bridgehead atoms. The number of carbonyl (C=O) groups is 1. The van der Waals surface area contributed by atoms with Gasteiger partial charge in [0.25, 0.3) is 5.91 Å². The van der Waals surface area contributed by atoms with Gasteiger partial charge in [0.05, 0.1) is 15.6 Å². The van der Waals surface area contributed by atoms with Crippen LogP contribution in [0.3, 0.4) is 0 Å². The van der Waals surface area contributed by atoms with Gasteiger partial charge in [0.1, 0.15) is 6.04 Å². The van der Waals surface area contributed by atoms with E-state index in [0.717, 1.165) is 9.87 Å². The topological polar surface area (TPSA) is 83.1 Å². The molecule has 0 spiro atoms. The molecule has 2 aromatic carbocycles. The van der Waals surface area contributed by atoms with Gasteiger partial charge in [0.15, 0.2) is 6.54 Å². The van der Waals surface area contributed by atoms with Crippen molar-refractivity contribution in [3.8, 4) is 0 Å². The van der Waals surface area contributed by atoms with Crippen molar-refractivity contribution in [2.24, 2.45) is 5.92 Å². The molecule has 3 N–H and O–H groups in total. The number of halogens is 1. The van der Waals surface area contributed by atoms with Crippen LogP contribution in [0.15, 0.2) is 53.4 Å². The second-order valence-corrected chi connectivity index (χ2v) is 9.66. The van der Waals surface area contributed by atoms with Crippen LogP contribution in [-0.4, -0.2) is 39.3 Å². The van der Waals surface area contributed by atoms with Gasteiger partial charge in [-0.3, -0.25) is 4.79 Å². The number of benzene rings is 2. The molecule has 0 aromatic heterocycles. The highest BCUT2D eigenvalue weighted by Crippen LogP contribution is 2.26. The maximum absolute atomic E-state index is 12.5. The van der Waals surface area contributed by atoms with Gasteiger partial charge in [-0.2, -0.15) is 0 Å². The Balaban J connectivity index is 2.10. The van der Waals surface area contributed by atoms with Gasteiger partial charge in [0, 0.05) is 25.6 Å². The first-order valence-corrected chi connectivity index (χ1v) is 10.8. The lowest BCUT2D eigenvalue weighted by molar-refractivity contribution is -0.692. The van der Waals surface area contributed by atoms with Crippen LogP contribution in [0.1, 0.15) is 25.5 Å². The molecule has 0 saturated heterocycles. The molecule has 8 heteroatoms. The minimum absolute atomic E-state index is 0.0746. The molecule has 0 saturated carbocycles. The number of quaternary nitrogens is 1. The van der Waals surface area contributed by atoms with Crippen LogP contribution in [0, 0.1) is 5.92 Å². The summed E-state index contributed by atoms with van der Waals surface area (Å²) in [5.74, 6) is 0.0928. The summed E-state index contributed by atoms with van der Waals surface area (Å²) < 4.78 is 25.7. The van der Waals surface area contributed by atoms with Gasteiger partial charge >= 0.3 is 0 Å². The molecular weight excluding hydrogens is 398 g/mol. The lowest BCUT2D eigenvalue weighted by atomic mass is 9.96. The number of nitrogens with one attached hydrogen (secondary N) is 1.